The van der Waals surface area contributed by atoms with Crippen molar-refractivity contribution >= 4 is 22.0 Å². The Morgan fingerprint density at radius 1 is 1.05 bits per heavy atom. The molecule has 38 heavy (non-hydrogen) atoms. The number of fused-ring (bicyclic) bond motifs is 2. The molecule has 3 aromatic carbocycles. The van der Waals surface area contributed by atoms with Gasteiger partial charge in [0.25, 0.3) is 0 Å². The van der Waals surface area contributed by atoms with Gasteiger partial charge in [-0.3, -0.25) is 9.29 Å². The number of hydrogen-bond donors (Lipinski definition) is 2. The summed E-state index contributed by atoms with van der Waals surface area (Å²) in [6, 6.07) is 19.2. The fraction of sp³-hybridized carbons (Fsp3) is 0.290. The van der Waals surface area contributed by atoms with E-state index in [4.69, 9.17) is 9.47 Å². The highest BCUT2D eigenvalue weighted by atomic mass is 19.1. The van der Waals surface area contributed by atoms with E-state index in [-0.39, 0.29) is 25.1 Å². The zero-order valence-corrected chi connectivity index (χ0v) is 21.1. The van der Waals surface area contributed by atoms with Crippen LogP contribution in [-0.4, -0.2) is 54.0 Å². The number of ether oxygens (including phenoxy) is 2. The highest BCUT2D eigenvalue weighted by Crippen LogP contribution is 2.45. The highest BCUT2D eigenvalue weighted by molar-refractivity contribution is 6.06. The number of rotatable bonds is 7. The van der Waals surface area contributed by atoms with Crippen molar-refractivity contribution in [2.45, 2.75) is 25.4 Å². The monoisotopic (exact) mass is 516 g/mol. The fourth-order valence-electron chi connectivity index (χ4n) is 5.65. The third kappa shape index (κ3) is 4.63. The van der Waals surface area contributed by atoms with Gasteiger partial charge in [0, 0.05) is 48.7 Å². The van der Waals surface area contributed by atoms with Gasteiger partial charge in [-0.1, -0.05) is 24.3 Å². The Bertz CT molecular complexity index is 1480. The summed E-state index contributed by atoms with van der Waals surface area (Å²) >= 11 is 0. The number of aromatic amines is 1. The minimum atomic E-state index is -0.750. The Morgan fingerprint density at radius 3 is 2.76 bits per heavy atom. The number of hydrogen-bond acceptors (Lipinski definition) is 4. The van der Waals surface area contributed by atoms with Crippen LogP contribution in [0.4, 0.5) is 8.78 Å². The third-order valence-corrected chi connectivity index (χ3v) is 7.45. The smallest absolute Gasteiger partial charge is 0.207 e. The minimum absolute atomic E-state index is 0.0656. The van der Waals surface area contributed by atoms with Crippen molar-refractivity contribution in [3.05, 3.63) is 89.4 Å². The molecule has 1 saturated heterocycles. The SMILES string of the molecule is Oc1ccc2c(c1F)OCCC(c1cccc3[nH]ccc13)=C2c1ccc(O[C@H]2CCN(CCCF)C2)cc1. The summed E-state index contributed by atoms with van der Waals surface area (Å²) in [5.74, 6) is -0.349. The van der Waals surface area contributed by atoms with E-state index in [0.717, 1.165) is 65.0 Å². The fourth-order valence-corrected chi connectivity index (χ4v) is 5.65. The molecule has 2 N–H and O–H groups in total. The van der Waals surface area contributed by atoms with E-state index < -0.39 is 11.6 Å². The molecule has 5 nitrogen and oxygen atoms in total. The molecule has 1 aromatic heterocycles. The highest BCUT2D eigenvalue weighted by Gasteiger charge is 2.27. The maximum absolute atomic E-state index is 15.0. The largest absolute Gasteiger partial charge is 0.505 e. The van der Waals surface area contributed by atoms with Gasteiger partial charge in [-0.05, 0) is 71.5 Å². The predicted octanol–water partition coefficient (Wildman–Crippen LogP) is 6.57. The van der Waals surface area contributed by atoms with Crippen LogP contribution in [0.5, 0.6) is 17.2 Å². The summed E-state index contributed by atoms with van der Waals surface area (Å²) in [7, 11) is 0. The zero-order chi connectivity index (χ0) is 26.1. The van der Waals surface area contributed by atoms with Crippen LogP contribution >= 0.6 is 0 Å². The van der Waals surface area contributed by atoms with Crippen LogP contribution in [0, 0.1) is 5.82 Å². The number of aromatic nitrogens is 1. The van der Waals surface area contributed by atoms with Crippen LogP contribution in [0.15, 0.2) is 66.9 Å². The molecule has 0 unspecified atom stereocenters. The second-order valence-corrected chi connectivity index (χ2v) is 9.87. The Balaban J connectivity index is 1.39. The van der Waals surface area contributed by atoms with Crippen molar-refractivity contribution in [1.82, 2.24) is 9.88 Å². The lowest BCUT2D eigenvalue weighted by molar-refractivity contribution is 0.198. The van der Waals surface area contributed by atoms with Gasteiger partial charge in [0.2, 0.25) is 5.82 Å². The molecule has 2 aliphatic heterocycles. The molecule has 0 saturated carbocycles. The quantitative estimate of drug-likeness (QED) is 0.292. The summed E-state index contributed by atoms with van der Waals surface area (Å²) in [5, 5.41) is 11.1. The van der Waals surface area contributed by atoms with Crippen LogP contribution in [0.2, 0.25) is 0 Å². The molecule has 0 amide bonds. The first kappa shape index (κ1) is 24.5. The topological polar surface area (TPSA) is 57.7 Å². The number of nitrogens with zero attached hydrogens (tertiary/aromatic N) is 1. The minimum Gasteiger partial charge on any atom is -0.505 e. The maximum Gasteiger partial charge on any atom is 0.207 e. The first-order valence-electron chi connectivity index (χ1n) is 13.1. The molecule has 1 atom stereocenters. The number of H-pyrrole nitrogens is 1. The Labute approximate surface area is 220 Å². The normalized spacial score (nSPS) is 17.9. The zero-order valence-electron chi connectivity index (χ0n) is 21.1. The van der Waals surface area contributed by atoms with Gasteiger partial charge in [-0.25, -0.2) is 0 Å². The van der Waals surface area contributed by atoms with Crippen LogP contribution in [0.3, 0.4) is 0 Å². The van der Waals surface area contributed by atoms with E-state index in [0.29, 0.717) is 18.4 Å². The Kier molecular flexibility index (Phi) is 6.77. The third-order valence-electron chi connectivity index (χ3n) is 7.45. The predicted molar refractivity (Wildman–Crippen MR) is 145 cm³/mol. The van der Waals surface area contributed by atoms with E-state index in [9.17, 15) is 9.50 Å². The average Bonchev–Trinajstić information content (AvgIpc) is 3.55. The molecule has 4 aromatic rings. The molecule has 0 aliphatic carbocycles. The summed E-state index contributed by atoms with van der Waals surface area (Å²) in [6.45, 7) is 2.46. The summed E-state index contributed by atoms with van der Waals surface area (Å²) < 4.78 is 39.7. The van der Waals surface area contributed by atoms with Crippen molar-refractivity contribution < 1.29 is 23.4 Å². The van der Waals surface area contributed by atoms with Gasteiger partial charge >= 0.3 is 0 Å². The molecule has 6 rings (SSSR count). The number of alkyl halides is 1. The molecular formula is C31H30F2N2O3. The van der Waals surface area contributed by atoms with Gasteiger partial charge in [0.05, 0.1) is 13.3 Å². The summed E-state index contributed by atoms with van der Waals surface area (Å²) in [6.07, 6.45) is 4.03. The van der Waals surface area contributed by atoms with E-state index in [2.05, 4.69) is 22.0 Å². The van der Waals surface area contributed by atoms with Gasteiger partial charge < -0.3 is 19.6 Å². The van der Waals surface area contributed by atoms with Crippen molar-refractivity contribution in [1.29, 1.82) is 0 Å². The molecule has 0 radical (unpaired) electrons. The van der Waals surface area contributed by atoms with Gasteiger partial charge in [-0.15, -0.1) is 0 Å². The van der Waals surface area contributed by atoms with Gasteiger partial charge in [-0.2, -0.15) is 4.39 Å². The van der Waals surface area contributed by atoms with E-state index in [1.165, 1.54) is 6.07 Å². The summed E-state index contributed by atoms with van der Waals surface area (Å²) in [4.78, 5) is 5.52. The van der Waals surface area contributed by atoms with Gasteiger partial charge in [0.1, 0.15) is 11.9 Å². The molecular weight excluding hydrogens is 486 g/mol. The molecule has 0 spiro atoms. The lowest BCUT2D eigenvalue weighted by Crippen LogP contribution is -2.26. The second kappa shape index (κ2) is 10.5. The number of nitrogens with one attached hydrogen (secondary N) is 1. The number of aromatic hydroxyl groups is 1. The molecule has 0 bridgehead atoms. The number of phenols is 1. The summed E-state index contributed by atoms with van der Waals surface area (Å²) in [5.41, 5.74) is 5.52. The Hall–Kier alpha value is -3.84. The van der Waals surface area contributed by atoms with E-state index in [1.54, 1.807) is 6.07 Å². The van der Waals surface area contributed by atoms with Crippen LogP contribution in [0.25, 0.3) is 22.0 Å². The number of phenolic OH excluding ortho intramolecular Hbond substituents is 1. The van der Waals surface area contributed by atoms with E-state index in [1.807, 2.05) is 42.6 Å². The van der Waals surface area contributed by atoms with Crippen molar-refractivity contribution in [3.63, 3.8) is 0 Å². The number of likely N-dealkylation sites (tertiary alicyclic amines) is 1. The lowest BCUT2D eigenvalue weighted by Gasteiger charge is -2.18. The number of halogens is 2. The van der Waals surface area contributed by atoms with Crippen molar-refractivity contribution in [2.75, 3.05) is 32.9 Å². The second-order valence-electron chi connectivity index (χ2n) is 9.87. The first-order valence-corrected chi connectivity index (χ1v) is 13.1. The van der Waals surface area contributed by atoms with Crippen molar-refractivity contribution in [2.24, 2.45) is 0 Å². The first-order chi connectivity index (χ1) is 18.6. The Morgan fingerprint density at radius 2 is 1.92 bits per heavy atom. The molecule has 7 heteroatoms. The van der Waals surface area contributed by atoms with Crippen LogP contribution in [-0.2, 0) is 0 Å². The standard InChI is InChI=1S/C31H30F2N2O3/c32-14-2-16-35-17-12-22(19-35)38-21-7-5-20(6-8-21)29-25(23-3-1-4-27-24(23)11-15-34-27)13-18-37-31-26(29)9-10-28(36)30(31)33/h1,3-11,15,22,34,36H,2,12-14,16-19H2/t22-/m0/s1. The molecule has 2 aliphatic rings. The number of benzene rings is 3. The lowest BCUT2D eigenvalue weighted by atomic mass is 9.87. The van der Waals surface area contributed by atoms with Gasteiger partial charge in [0.15, 0.2) is 11.5 Å². The molecule has 1 fully saturated rings. The molecule has 196 valence electrons. The van der Waals surface area contributed by atoms with Crippen LogP contribution in [0.1, 0.15) is 36.0 Å². The molecule has 3 heterocycles. The van der Waals surface area contributed by atoms with Crippen molar-refractivity contribution in [3.8, 4) is 17.2 Å². The maximum atomic E-state index is 15.0. The average molecular weight is 517 g/mol. The van der Waals surface area contributed by atoms with E-state index >= 15 is 4.39 Å². The van der Waals surface area contributed by atoms with Crippen LogP contribution < -0.4 is 9.47 Å².